The third-order valence-corrected chi connectivity index (χ3v) is 3.75. The highest BCUT2D eigenvalue weighted by molar-refractivity contribution is 5.92. The summed E-state index contributed by atoms with van der Waals surface area (Å²) in [5.41, 5.74) is 4.22. The van der Waals surface area contributed by atoms with E-state index >= 15 is 0 Å². The first kappa shape index (κ1) is 16.7. The monoisotopic (exact) mass is 337 g/mol. The molecule has 0 radical (unpaired) electrons. The summed E-state index contributed by atoms with van der Waals surface area (Å²) in [6.07, 6.45) is 3.69. The Hall–Kier alpha value is -3.15. The van der Waals surface area contributed by atoms with Gasteiger partial charge in [-0.05, 0) is 37.6 Å². The van der Waals surface area contributed by atoms with Gasteiger partial charge in [0.25, 0.3) is 5.91 Å². The second kappa shape index (κ2) is 7.17. The number of imidazole rings is 1. The molecule has 2 aromatic heterocycles. The number of pyridine rings is 1. The van der Waals surface area contributed by atoms with Crippen LogP contribution in [0.3, 0.4) is 0 Å². The number of nitrogens with zero attached hydrogens (tertiary/aromatic N) is 2. The van der Waals surface area contributed by atoms with Crippen molar-refractivity contribution < 1.29 is 14.3 Å². The minimum Gasteiger partial charge on any atom is -0.455 e. The molecule has 0 fully saturated rings. The number of benzene rings is 1. The molecule has 1 aromatic carbocycles. The van der Waals surface area contributed by atoms with Gasteiger partial charge in [-0.1, -0.05) is 23.8 Å². The summed E-state index contributed by atoms with van der Waals surface area (Å²) >= 11 is 0. The van der Waals surface area contributed by atoms with E-state index in [0.29, 0.717) is 11.4 Å². The first-order valence-corrected chi connectivity index (χ1v) is 7.96. The highest BCUT2D eigenvalue weighted by Gasteiger charge is 2.12. The topological polar surface area (TPSA) is 72.7 Å². The lowest BCUT2D eigenvalue weighted by Crippen LogP contribution is -2.21. The predicted octanol–water partition coefficient (Wildman–Crippen LogP) is 2.68. The van der Waals surface area contributed by atoms with Gasteiger partial charge in [0.1, 0.15) is 5.65 Å². The van der Waals surface area contributed by atoms with Crippen LogP contribution in [0.25, 0.3) is 5.65 Å². The number of aryl methyl sites for hydroxylation is 2. The lowest BCUT2D eigenvalue weighted by molar-refractivity contribution is -0.146. The molecule has 6 nitrogen and oxygen atoms in total. The Morgan fingerprint density at radius 2 is 1.92 bits per heavy atom. The second-order valence-electron chi connectivity index (χ2n) is 5.91. The molecule has 2 heterocycles. The Balaban J connectivity index is 1.52. The largest absolute Gasteiger partial charge is 0.455 e. The summed E-state index contributed by atoms with van der Waals surface area (Å²) in [7, 11) is 0. The quantitative estimate of drug-likeness (QED) is 0.727. The van der Waals surface area contributed by atoms with Crippen molar-refractivity contribution in [2.75, 3.05) is 11.9 Å². The lowest BCUT2D eigenvalue weighted by atomic mass is 10.2. The van der Waals surface area contributed by atoms with E-state index in [-0.39, 0.29) is 18.9 Å². The molecule has 0 saturated carbocycles. The van der Waals surface area contributed by atoms with Crippen LogP contribution < -0.4 is 5.32 Å². The highest BCUT2D eigenvalue weighted by Crippen LogP contribution is 2.11. The van der Waals surface area contributed by atoms with Crippen molar-refractivity contribution in [3.05, 3.63) is 65.6 Å². The molecule has 6 heteroatoms. The number of esters is 1. The average Bonchev–Trinajstić information content (AvgIpc) is 2.99. The SMILES string of the molecule is Cc1ccc(NC(=O)COC(=O)Cc2cn3cccc(C)c3n2)cc1. The van der Waals surface area contributed by atoms with Crippen molar-refractivity contribution in [1.82, 2.24) is 9.38 Å². The van der Waals surface area contributed by atoms with Gasteiger partial charge in [-0.25, -0.2) is 4.98 Å². The number of rotatable bonds is 5. The molecule has 3 aromatic rings. The molecule has 0 atom stereocenters. The fourth-order valence-electron chi connectivity index (χ4n) is 2.47. The van der Waals surface area contributed by atoms with Crippen LogP contribution in [0.15, 0.2) is 48.8 Å². The lowest BCUT2D eigenvalue weighted by Gasteiger charge is -2.06. The van der Waals surface area contributed by atoms with Gasteiger partial charge in [-0.15, -0.1) is 0 Å². The maximum atomic E-state index is 11.9. The van der Waals surface area contributed by atoms with E-state index in [2.05, 4.69) is 10.3 Å². The molecular formula is C19H19N3O3. The van der Waals surface area contributed by atoms with Gasteiger partial charge in [-0.3, -0.25) is 9.59 Å². The van der Waals surface area contributed by atoms with Crippen molar-refractivity contribution in [2.45, 2.75) is 20.3 Å². The zero-order valence-electron chi connectivity index (χ0n) is 14.2. The minimum absolute atomic E-state index is 0.0267. The molecule has 0 aliphatic carbocycles. The van der Waals surface area contributed by atoms with Gasteiger partial charge < -0.3 is 14.5 Å². The van der Waals surface area contributed by atoms with Crippen molar-refractivity contribution >= 4 is 23.2 Å². The third kappa shape index (κ3) is 4.23. The van der Waals surface area contributed by atoms with Gasteiger partial charge in [0.05, 0.1) is 12.1 Å². The number of hydrogen-bond donors (Lipinski definition) is 1. The Kier molecular flexibility index (Phi) is 4.79. The number of hydrogen-bond acceptors (Lipinski definition) is 4. The summed E-state index contributed by atoms with van der Waals surface area (Å²) in [6.45, 7) is 3.60. The first-order chi connectivity index (χ1) is 12.0. The fourth-order valence-corrected chi connectivity index (χ4v) is 2.47. The summed E-state index contributed by atoms with van der Waals surface area (Å²) in [5, 5.41) is 2.68. The highest BCUT2D eigenvalue weighted by atomic mass is 16.5. The molecule has 0 unspecified atom stereocenters. The van der Waals surface area contributed by atoms with Crippen LogP contribution >= 0.6 is 0 Å². The number of ether oxygens (including phenoxy) is 1. The third-order valence-electron chi connectivity index (χ3n) is 3.75. The predicted molar refractivity (Wildman–Crippen MR) is 94.4 cm³/mol. The minimum atomic E-state index is -0.486. The standard InChI is InChI=1S/C19H19N3O3/c1-13-5-7-15(8-6-13)20-17(23)12-25-18(24)10-16-11-22-9-3-4-14(2)19(22)21-16/h3-9,11H,10,12H2,1-2H3,(H,20,23). The number of nitrogens with one attached hydrogen (secondary N) is 1. The van der Waals surface area contributed by atoms with E-state index < -0.39 is 5.97 Å². The van der Waals surface area contributed by atoms with E-state index in [1.54, 1.807) is 18.3 Å². The molecule has 0 aliphatic heterocycles. The van der Waals surface area contributed by atoms with Crippen molar-refractivity contribution in [3.63, 3.8) is 0 Å². The first-order valence-electron chi connectivity index (χ1n) is 7.96. The van der Waals surface area contributed by atoms with Crippen molar-refractivity contribution in [2.24, 2.45) is 0 Å². The van der Waals surface area contributed by atoms with Crippen LogP contribution in [0.4, 0.5) is 5.69 Å². The van der Waals surface area contributed by atoms with Gasteiger partial charge >= 0.3 is 5.97 Å². The van der Waals surface area contributed by atoms with Crippen LogP contribution in [0.5, 0.6) is 0 Å². The molecule has 25 heavy (non-hydrogen) atoms. The number of amides is 1. The van der Waals surface area contributed by atoms with E-state index in [1.165, 1.54) is 0 Å². The number of fused-ring (bicyclic) bond motifs is 1. The zero-order valence-corrected chi connectivity index (χ0v) is 14.2. The van der Waals surface area contributed by atoms with Crippen LogP contribution in [0.1, 0.15) is 16.8 Å². The molecule has 0 spiro atoms. The van der Waals surface area contributed by atoms with E-state index in [4.69, 9.17) is 4.74 Å². The number of aromatic nitrogens is 2. The maximum absolute atomic E-state index is 11.9. The normalized spacial score (nSPS) is 10.6. The van der Waals surface area contributed by atoms with Crippen LogP contribution in [-0.2, 0) is 20.7 Å². The summed E-state index contributed by atoms with van der Waals surface area (Å²) in [6, 6.07) is 11.3. The molecule has 1 N–H and O–H groups in total. The zero-order chi connectivity index (χ0) is 17.8. The number of carbonyl (C=O) groups excluding carboxylic acids is 2. The Labute approximate surface area is 145 Å². The van der Waals surface area contributed by atoms with Crippen LogP contribution in [0, 0.1) is 13.8 Å². The molecule has 0 bridgehead atoms. The van der Waals surface area contributed by atoms with E-state index in [0.717, 1.165) is 16.8 Å². The van der Waals surface area contributed by atoms with Gasteiger partial charge in [-0.2, -0.15) is 0 Å². The maximum Gasteiger partial charge on any atom is 0.312 e. The molecule has 0 aliphatic rings. The van der Waals surface area contributed by atoms with E-state index in [1.807, 2.05) is 48.7 Å². The van der Waals surface area contributed by atoms with Crippen molar-refractivity contribution in [3.8, 4) is 0 Å². The summed E-state index contributed by atoms with van der Waals surface area (Å²) < 4.78 is 6.89. The van der Waals surface area contributed by atoms with Gasteiger partial charge in [0.15, 0.2) is 6.61 Å². The van der Waals surface area contributed by atoms with Gasteiger partial charge in [0.2, 0.25) is 0 Å². The van der Waals surface area contributed by atoms with Crippen molar-refractivity contribution in [1.29, 1.82) is 0 Å². The Morgan fingerprint density at radius 1 is 1.16 bits per heavy atom. The van der Waals surface area contributed by atoms with Gasteiger partial charge in [0, 0.05) is 18.1 Å². The average molecular weight is 337 g/mol. The summed E-state index contributed by atoms with van der Waals surface area (Å²) in [5.74, 6) is -0.858. The molecular weight excluding hydrogens is 318 g/mol. The fraction of sp³-hybridized carbons (Fsp3) is 0.211. The molecule has 128 valence electrons. The number of anilines is 1. The smallest absolute Gasteiger partial charge is 0.312 e. The van der Waals surface area contributed by atoms with Crippen LogP contribution in [0.2, 0.25) is 0 Å². The molecule has 1 amide bonds. The summed E-state index contributed by atoms with van der Waals surface area (Å²) in [4.78, 5) is 28.2. The number of carbonyl (C=O) groups is 2. The van der Waals surface area contributed by atoms with Crippen LogP contribution in [-0.4, -0.2) is 27.9 Å². The van der Waals surface area contributed by atoms with E-state index in [9.17, 15) is 9.59 Å². The Bertz CT molecular complexity index is 913. The molecule has 0 saturated heterocycles. The molecule has 3 rings (SSSR count). The Morgan fingerprint density at radius 3 is 2.64 bits per heavy atom. The second-order valence-corrected chi connectivity index (χ2v) is 5.91.